The highest BCUT2D eigenvalue weighted by Gasteiger charge is 2.71. The highest BCUT2D eigenvalue weighted by atomic mass is 17.3. The third-order valence-corrected chi connectivity index (χ3v) is 5.68. The Bertz CT molecular complexity index is 280. The van der Waals surface area contributed by atoms with Crippen LogP contribution >= 0.6 is 0 Å². The van der Waals surface area contributed by atoms with Gasteiger partial charge in [0.05, 0.1) is 0 Å². The van der Waals surface area contributed by atoms with Crippen LogP contribution in [0.5, 0.6) is 0 Å². The first-order valence-corrected chi connectivity index (χ1v) is 6.48. The van der Waals surface area contributed by atoms with Gasteiger partial charge in [0.25, 0.3) is 0 Å². The summed E-state index contributed by atoms with van der Waals surface area (Å²) < 4.78 is 0. The normalized spacial score (nSPS) is 59.6. The maximum Gasteiger partial charge on any atom is 0.140 e. The van der Waals surface area contributed by atoms with Gasteiger partial charge >= 0.3 is 0 Å². The van der Waals surface area contributed by atoms with E-state index >= 15 is 0 Å². The van der Waals surface area contributed by atoms with Gasteiger partial charge in [-0.2, -0.15) is 0 Å². The Morgan fingerprint density at radius 1 is 0.800 bits per heavy atom. The summed E-state index contributed by atoms with van der Waals surface area (Å²) in [6.07, 6.45) is 7.11. The second-order valence-corrected chi connectivity index (χ2v) is 6.77. The minimum absolute atomic E-state index is 0.0321. The van der Waals surface area contributed by atoms with E-state index in [4.69, 9.17) is 9.78 Å². The molecule has 4 saturated carbocycles. The number of rotatable bonds is 0. The molecule has 0 aromatic rings. The van der Waals surface area contributed by atoms with E-state index in [9.17, 15) is 0 Å². The van der Waals surface area contributed by atoms with Gasteiger partial charge in [-0.1, -0.05) is 0 Å². The van der Waals surface area contributed by atoms with E-state index in [0.29, 0.717) is 0 Å². The lowest BCUT2D eigenvalue weighted by Gasteiger charge is -2.68. The van der Waals surface area contributed by atoms with Crippen LogP contribution in [-0.4, -0.2) is 11.2 Å². The zero-order valence-corrected chi connectivity index (χ0v) is 9.66. The molecule has 0 amide bonds. The van der Waals surface area contributed by atoms with E-state index in [0.717, 1.165) is 23.7 Å². The molecule has 5 rings (SSSR count). The van der Waals surface area contributed by atoms with E-state index in [2.05, 4.69) is 13.8 Å². The lowest BCUT2D eigenvalue weighted by Crippen LogP contribution is -2.75. The quantitative estimate of drug-likeness (QED) is 0.570. The molecule has 1 heterocycles. The summed E-state index contributed by atoms with van der Waals surface area (Å²) in [5.41, 5.74) is 0.0655. The van der Waals surface area contributed by atoms with Crippen molar-refractivity contribution in [1.29, 1.82) is 0 Å². The SMILES string of the molecule is CC1(C)OOC12C1CC3CC(C1)CC2C3. The fraction of sp³-hybridized carbons (Fsp3) is 1.00. The van der Waals surface area contributed by atoms with Crippen LogP contribution in [0.2, 0.25) is 0 Å². The molecular formula is C13H20O2. The largest absolute Gasteiger partial charge is 0.227 e. The summed E-state index contributed by atoms with van der Waals surface area (Å²) in [7, 11) is 0. The van der Waals surface area contributed by atoms with Gasteiger partial charge in [0.2, 0.25) is 0 Å². The highest BCUT2D eigenvalue weighted by Crippen LogP contribution is 2.66. The molecule has 1 saturated heterocycles. The van der Waals surface area contributed by atoms with Gasteiger partial charge in [0.15, 0.2) is 0 Å². The molecule has 0 aromatic carbocycles. The van der Waals surface area contributed by atoms with Crippen LogP contribution in [0, 0.1) is 23.7 Å². The molecule has 84 valence electrons. The average Bonchev–Trinajstić information content (AvgIpc) is 2.14. The minimum Gasteiger partial charge on any atom is -0.227 e. The van der Waals surface area contributed by atoms with Gasteiger partial charge in [-0.15, -0.1) is 0 Å². The molecule has 5 aliphatic rings. The van der Waals surface area contributed by atoms with E-state index in [1.165, 1.54) is 32.1 Å². The summed E-state index contributed by atoms with van der Waals surface area (Å²) in [5.74, 6) is 3.60. The predicted molar refractivity (Wildman–Crippen MR) is 56.0 cm³/mol. The summed E-state index contributed by atoms with van der Waals surface area (Å²) in [6, 6.07) is 0. The molecule has 0 atom stereocenters. The van der Waals surface area contributed by atoms with Gasteiger partial charge in [-0.25, -0.2) is 9.78 Å². The van der Waals surface area contributed by atoms with Crippen molar-refractivity contribution in [2.45, 2.75) is 57.2 Å². The molecule has 0 radical (unpaired) electrons. The molecule has 2 nitrogen and oxygen atoms in total. The maximum absolute atomic E-state index is 5.71. The fourth-order valence-corrected chi connectivity index (χ4v) is 5.31. The van der Waals surface area contributed by atoms with Crippen molar-refractivity contribution < 1.29 is 9.78 Å². The van der Waals surface area contributed by atoms with Crippen molar-refractivity contribution >= 4 is 0 Å². The summed E-state index contributed by atoms with van der Waals surface area (Å²) in [4.78, 5) is 11.1. The highest BCUT2D eigenvalue weighted by molar-refractivity contribution is 5.16. The van der Waals surface area contributed by atoms with Crippen molar-refractivity contribution in [3.05, 3.63) is 0 Å². The van der Waals surface area contributed by atoms with Gasteiger partial charge in [-0.05, 0) is 69.6 Å². The first-order chi connectivity index (χ1) is 7.12. The summed E-state index contributed by atoms with van der Waals surface area (Å²) >= 11 is 0. The summed E-state index contributed by atoms with van der Waals surface area (Å²) in [6.45, 7) is 4.44. The van der Waals surface area contributed by atoms with Crippen LogP contribution < -0.4 is 0 Å². The van der Waals surface area contributed by atoms with Crippen LogP contribution in [0.1, 0.15) is 46.0 Å². The second kappa shape index (κ2) is 2.43. The lowest BCUT2D eigenvalue weighted by molar-refractivity contribution is -0.578. The van der Waals surface area contributed by atoms with Crippen molar-refractivity contribution in [3.8, 4) is 0 Å². The predicted octanol–water partition coefficient (Wildman–Crippen LogP) is 2.92. The molecule has 15 heavy (non-hydrogen) atoms. The standard InChI is InChI=1S/C13H20O2/c1-12(2)13(15-14-12)10-4-8-3-9(6-10)7-11(13)5-8/h8-11H,3-7H2,1-2H3. The molecule has 1 spiro atoms. The van der Waals surface area contributed by atoms with Crippen molar-refractivity contribution in [2.75, 3.05) is 0 Å². The van der Waals surface area contributed by atoms with E-state index in [-0.39, 0.29) is 11.2 Å². The molecule has 1 aliphatic heterocycles. The van der Waals surface area contributed by atoms with Crippen molar-refractivity contribution in [2.24, 2.45) is 23.7 Å². The zero-order chi connectivity index (χ0) is 10.3. The monoisotopic (exact) mass is 208 g/mol. The van der Waals surface area contributed by atoms with Gasteiger partial charge in [-0.3, -0.25) is 0 Å². The van der Waals surface area contributed by atoms with Crippen molar-refractivity contribution in [3.63, 3.8) is 0 Å². The van der Waals surface area contributed by atoms with Gasteiger partial charge in [0, 0.05) is 0 Å². The Labute approximate surface area is 91.3 Å². The van der Waals surface area contributed by atoms with E-state index < -0.39 is 0 Å². The third-order valence-electron chi connectivity index (χ3n) is 5.68. The van der Waals surface area contributed by atoms with E-state index in [1.54, 1.807) is 0 Å². The Hall–Kier alpha value is -0.0800. The fourth-order valence-electron chi connectivity index (χ4n) is 5.31. The van der Waals surface area contributed by atoms with Crippen molar-refractivity contribution in [1.82, 2.24) is 0 Å². The Balaban J connectivity index is 1.77. The molecule has 0 N–H and O–H groups in total. The Morgan fingerprint density at radius 2 is 1.33 bits per heavy atom. The maximum atomic E-state index is 5.71. The molecule has 0 aromatic heterocycles. The summed E-state index contributed by atoms with van der Waals surface area (Å²) in [5, 5.41) is 0. The van der Waals surface area contributed by atoms with Crippen LogP contribution in [0.25, 0.3) is 0 Å². The lowest BCUT2D eigenvalue weighted by atomic mass is 9.46. The smallest absolute Gasteiger partial charge is 0.140 e. The number of hydrogen-bond acceptors (Lipinski definition) is 2. The molecule has 4 aliphatic carbocycles. The van der Waals surface area contributed by atoms with Crippen LogP contribution in [-0.2, 0) is 9.78 Å². The molecule has 4 bridgehead atoms. The second-order valence-electron chi connectivity index (χ2n) is 6.77. The zero-order valence-electron chi connectivity index (χ0n) is 9.66. The molecule has 0 unspecified atom stereocenters. The molecular weight excluding hydrogens is 188 g/mol. The Kier molecular flexibility index (Phi) is 1.46. The van der Waals surface area contributed by atoms with Crippen LogP contribution in [0.3, 0.4) is 0 Å². The topological polar surface area (TPSA) is 18.5 Å². The minimum atomic E-state index is -0.0321. The molecule has 2 heteroatoms. The van der Waals surface area contributed by atoms with Crippen LogP contribution in [0.15, 0.2) is 0 Å². The molecule has 5 fully saturated rings. The number of hydrogen-bond donors (Lipinski definition) is 0. The van der Waals surface area contributed by atoms with Gasteiger partial charge < -0.3 is 0 Å². The van der Waals surface area contributed by atoms with Gasteiger partial charge in [0.1, 0.15) is 11.2 Å². The average molecular weight is 208 g/mol. The first-order valence-electron chi connectivity index (χ1n) is 6.48. The van der Waals surface area contributed by atoms with E-state index in [1.807, 2.05) is 0 Å². The first kappa shape index (κ1) is 9.00. The Morgan fingerprint density at radius 3 is 1.67 bits per heavy atom. The third kappa shape index (κ3) is 0.861. The van der Waals surface area contributed by atoms with Crippen LogP contribution in [0.4, 0.5) is 0 Å².